The Labute approximate surface area is 233 Å². The molecule has 5 rings (SSSR count). The van der Waals surface area contributed by atoms with Crippen LogP contribution in [0.3, 0.4) is 0 Å². The van der Waals surface area contributed by atoms with E-state index in [9.17, 15) is 17.6 Å². The molecule has 0 aliphatic heterocycles. The maximum atomic E-state index is 13.5. The summed E-state index contributed by atoms with van der Waals surface area (Å²) in [6.45, 7) is 0. The molecule has 1 aromatic heterocycles. The fraction of sp³-hybridized carbons (Fsp3) is 0.192. The minimum Gasteiger partial charge on any atom is -0.334 e. The van der Waals surface area contributed by atoms with Crippen molar-refractivity contribution in [2.24, 2.45) is 0 Å². The first-order valence-corrected chi connectivity index (χ1v) is 13.9. The number of anilines is 1. The molecule has 0 bridgehead atoms. The standard InChI is InChI=1S/C26H19Cl3FN3O4S/c27-18-10-16(5-6-21(18)30)24-32-25(33-37-24)26(7-8-26)23-19(28)11-17(12-20(23)29)31-22(34)9-14-1-3-15(4-2-14)13-38(35)36/h1-6,10-12,38H,7-9,13H2,(H,31,34). The number of aromatic nitrogens is 2. The van der Waals surface area contributed by atoms with E-state index in [2.05, 4.69) is 15.5 Å². The van der Waals surface area contributed by atoms with Crippen LogP contribution in [0.4, 0.5) is 10.1 Å². The predicted molar refractivity (Wildman–Crippen MR) is 144 cm³/mol. The van der Waals surface area contributed by atoms with Crippen molar-refractivity contribution in [2.75, 3.05) is 5.32 Å². The molecule has 1 amide bonds. The summed E-state index contributed by atoms with van der Waals surface area (Å²) in [4.78, 5) is 17.1. The molecular weight excluding hydrogens is 576 g/mol. The van der Waals surface area contributed by atoms with Gasteiger partial charge in [-0.25, -0.2) is 12.8 Å². The molecule has 0 atom stereocenters. The van der Waals surface area contributed by atoms with Gasteiger partial charge in [0.25, 0.3) is 5.89 Å². The van der Waals surface area contributed by atoms with Crippen molar-refractivity contribution in [3.05, 3.63) is 98.0 Å². The first kappa shape index (κ1) is 26.6. The van der Waals surface area contributed by atoms with Crippen LogP contribution in [0.15, 0.2) is 59.1 Å². The molecule has 1 aliphatic carbocycles. The van der Waals surface area contributed by atoms with Gasteiger partial charge in [0.05, 0.1) is 22.6 Å². The largest absolute Gasteiger partial charge is 0.334 e. The van der Waals surface area contributed by atoms with Crippen LogP contribution in [0.25, 0.3) is 11.5 Å². The van der Waals surface area contributed by atoms with E-state index in [4.69, 9.17) is 39.3 Å². The van der Waals surface area contributed by atoms with E-state index in [0.717, 1.165) is 5.56 Å². The molecule has 1 aliphatic rings. The second kappa shape index (κ2) is 10.6. The molecule has 3 aromatic carbocycles. The van der Waals surface area contributed by atoms with Gasteiger partial charge >= 0.3 is 0 Å². The second-order valence-corrected chi connectivity index (χ2v) is 11.2. The highest BCUT2D eigenvalue weighted by Gasteiger charge is 2.52. The number of nitrogens with zero attached hydrogens (tertiary/aromatic N) is 2. The third-order valence-corrected chi connectivity index (χ3v) is 7.78. The molecule has 0 radical (unpaired) electrons. The summed E-state index contributed by atoms with van der Waals surface area (Å²) < 4.78 is 40.7. The van der Waals surface area contributed by atoms with Crippen LogP contribution >= 0.6 is 34.8 Å². The van der Waals surface area contributed by atoms with Crippen molar-refractivity contribution in [2.45, 2.75) is 30.4 Å². The Morgan fingerprint density at radius 2 is 1.63 bits per heavy atom. The summed E-state index contributed by atoms with van der Waals surface area (Å²) in [7, 11) is -2.51. The number of carbonyl (C=O) groups is 1. The number of benzene rings is 3. The van der Waals surface area contributed by atoms with E-state index in [1.807, 2.05) is 0 Å². The van der Waals surface area contributed by atoms with Crippen LogP contribution in [-0.4, -0.2) is 24.5 Å². The lowest BCUT2D eigenvalue weighted by Gasteiger charge is -2.17. The molecule has 12 heteroatoms. The van der Waals surface area contributed by atoms with Crippen molar-refractivity contribution in [1.82, 2.24) is 10.1 Å². The summed E-state index contributed by atoms with van der Waals surface area (Å²) >= 11 is 19.2. The number of halogens is 4. The van der Waals surface area contributed by atoms with E-state index in [0.29, 0.717) is 51.1 Å². The van der Waals surface area contributed by atoms with Crippen LogP contribution < -0.4 is 5.32 Å². The lowest BCUT2D eigenvalue weighted by molar-refractivity contribution is -0.115. The number of hydrogen-bond donors (Lipinski definition) is 2. The molecule has 1 N–H and O–H groups in total. The normalized spacial score (nSPS) is 14.0. The molecule has 1 saturated carbocycles. The van der Waals surface area contributed by atoms with E-state index < -0.39 is 21.9 Å². The van der Waals surface area contributed by atoms with E-state index in [1.165, 1.54) is 18.2 Å². The molecule has 1 heterocycles. The summed E-state index contributed by atoms with van der Waals surface area (Å²) in [6.07, 6.45) is 1.47. The Bertz CT molecular complexity index is 1590. The minimum absolute atomic E-state index is 0.0432. The highest BCUT2D eigenvalue weighted by Crippen LogP contribution is 2.57. The topological polar surface area (TPSA) is 102 Å². The molecule has 0 saturated heterocycles. The second-order valence-electron chi connectivity index (χ2n) is 8.98. The lowest BCUT2D eigenvalue weighted by atomic mass is 9.94. The SMILES string of the molecule is O=C(Cc1ccc(C[SH](=O)=O)cc1)Nc1cc(Cl)c(C2(c3noc(-c4ccc(F)c(Cl)c4)n3)CC2)c(Cl)c1. The number of thiol groups is 1. The first-order chi connectivity index (χ1) is 18.1. The van der Waals surface area contributed by atoms with Gasteiger partial charge < -0.3 is 9.84 Å². The Morgan fingerprint density at radius 3 is 2.24 bits per heavy atom. The van der Waals surface area contributed by atoms with Crippen LogP contribution in [-0.2, 0) is 33.1 Å². The molecule has 38 heavy (non-hydrogen) atoms. The number of hydrogen-bond acceptors (Lipinski definition) is 6. The molecule has 0 unspecified atom stereocenters. The number of carbonyl (C=O) groups excluding carboxylic acids is 1. The van der Waals surface area contributed by atoms with Crippen LogP contribution in [0.1, 0.15) is 35.4 Å². The number of amides is 1. The fourth-order valence-electron chi connectivity index (χ4n) is 4.28. The monoisotopic (exact) mass is 593 g/mol. The average Bonchev–Trinajstić information content (AvgIpc) is 3.47. The summed E-state index contributed by atoms with van der Waals surface area (Å²) in [5.74, 6) is -0.280. The minimum atomic E-state index is -2.51. The smallest absolute Gasteiger partial charge is 0.258 e. The fourth-order valence-corrected chi connectivity index (χ4v) is 5.82. The van der Waals surface area contributed by atoms with Gasteiger partial charge in [-0.05, 0) is 54.3 Å². The Morgan fingerprint density at radius 1 is 0.974 bits per heavy atom. The Hall–Kier alpha value is -2.98. The summed E-state index contributed by atoms with van der Waals surface area (Å²) in [6, 6.07) is 14.2. The van der Waals surface area contributed by atoms with Crippen LogP contribution in [0.2, 0.25) is 15.1 Å². The first-order valence-electron chi connectivity index (χ1n) is 11.4. The van der Waals surface area contributed by atoms with Crippen molar-refractivity contribution in [3.8, 4) is 11.5 Å². The van der Waals surface area contributed by atoms with Crippen molar-refractivity contribution >= 4 is 57.1 Å². The third-order valence-electron chi connectivity index (χ3n) is 6.27. The highest BCUT2D eigenvalue weighted by atomic mass is 35.5. The van der Waals surface area contributed by atoms with Gasteiger partial charge in [-0.15, -0.1) is 0 Å². The maximum Gasteiger partial charge on any atom is 0.258 e. The van der Waals surface area contributed by atoms with Gasteiger partial charge in [-0.2, -0.15) is 4.98 Å². The molecular formula is C26H19Cl3FN3O4S. The van der Waals surface area contributed by atoms with E-state index >= 15 is 0 Å². The van der Waals surface area contributed by atoms with Crippen LogP contribution in [0.5, 0.6) is 0 Å². The molecule has 0 spiro atoms. The molecule has 7 nitrogen and oxygen atoms in total. The van der Waals surface area contributed by atoms with Gasteiger partial charge in [0, 0.05) is 26.9 Å². The zero-order valence-electron chi connectivity index (χ0n) is 19.5. The highest BCUT2D eigenvalue weighted by molar-refractivity contribution is 7.71. The average molecular weight is 595 g/mol. The van der Waals surface area contributed by atoms with Crippen molar-refractivity contribution in [1.29, 1.82) is 0 Å². The third kappa shape index (κ3) is 5.56. The quantitative estimate of drug-likeness (QED) is 0.235. The lowest BCUT2D eigenvalue weighted by Crippen LogP contribution is -2.16. The molecule has 1 fully saturated rings. The van der Waals surface area contributed by atoms with Gasteiger partial charge in [-0.1, -0.05) is 64.2 Å². The molecule has 4 aromatic rings. The summed E-state index contributed by atoms with van der Waals surface area (Å²) in [5, 5.41) is 7.56. The summed E-state index contributed by atoms with van der Waals surface area (Å²) in [5.41, 5.74) is 2.29. The van der Waals surface area contributed by atoms with Crippen molar-refractivity contribution in [3.63, 3.8) is 0 Å². The van der Waals surface area contributed by atoms with E-state index in [-0.39, 0.29) is 29.0 Å². The van der Waals surface area contributed by atoms with E-state index in [1.54, 1.807) is 36.4 Å². The van der Waals surface area contributed by atoms with Crippen LogP contribution in [0, 0.1) is 5.82 Å². The van der Waals surface area contributed by atoms with Gasteiger partial charge in [0.15, 0.2) is 5.82 Å². The maximum absolute atomic E-state index is 13.5. The Balaban J connectivity index is 1.32. The van der Waals surface area contributed by atoms with Gasteiger partial charge in [0.1, 0.15) is 16.5 Å². The Kier molecular flexibility index (Phi) is 7.46. The van der Waals surface area contributed by atoms with Crippen molar-refractivity contribution < 1.29 is 22.1 Å². The number of rotatable bonds is 8. The molecule has 196 valence electrons. The number of nitrogens with one attached hydrogen (secondary N) is 1. The zero-order valence-corrected chi connectivity index (χ0v) is 22.7. The van der Waals surface area contributed by atoms with Gasteiger partial charge in [-0.3, -0.25) is 4.79 Å². The van der Waals surface area contributed by atoms with Gasteiger partial charge in [0.2, 0.25) is 5.91 Å². The zero-order chi connectivity index (χ0) is 27.0. The predicted octanol–water partition coefficient (Wildman–Crippen LogP) is 6.21.